The maximum Gasteiger partial charge on any atom is 0.269 e. The molecule has 0 aliphatic carbocycles. The van der Waals surface area contributed by atoms with Crippen LogP contribution in [0.15, 0.2) is 314 Å². The quantitative estimate of drug-likeness (QED) is 0.00832. The van der Waals surface area contributed by atoms with Gasteiger partial charge in [-0.2, -0.15) is 21.1 Å². The molecular weight excluding hydrogens is 2060 g/mol. The van der Waals surface area contributed by atoms with Gasteiger partial charge in [0.1, 0.15) is 0 Å². The average molecular weight is 2160 g/mol. The summed E-state index contributed by atoms with van der Waals surface area (Å²) in [6, 6.07) is 80.2. The third kappa shape index (κ3) is 27.7. The van der Waals surface area contributed by atoms with Gasteiger partial charge in [0.2, 0.25) is 0 Å². The summed E-state index contributed by atoms with van der Waals surface area (Å²) in [6.07, 6.45) is 16.4. The van der Waals surface area contributed by atoms with Crippen molar-refractivity contribution < 1.29 is 35.2 Å². The van der Waals surface area contributed by atoms with E-state index in [0.29, 0.717) is 32.1 Å². The minimum Gasteiger partial charge on any atom is -0.623 e. The van der Waals surface area contributed by atoms with Crippen LogP contribution in [0.3, 0.4) is 0 Å². The molecule has 17 rings (SSSR count). The van der Waals surface area contributed by atoms with Gasteiger partial charge in [-0.15, -0.1) is 49.6 Å². The fraction of sp³-hybridized carbons (Fsp3) is 0.184. The Morgan fingerprint density at radius 2 is 0.792 bits per heavy atom. The lowest BCUT2D eigenvalue weighted by atomic mass is 9.96. The van der Waals surface area contributed by atoms with Crippen LogP contribution in [-0.4, -0.2) is 101 Å². The van der Waals surface area contributed by atoms with E-state index in [-0.39, 0.29) is 85.5 Å². The Bertz CT molecular complexity index is 6460. The molecule has 0 radical (unpaired) electrons. The number of nitrogens with two attached hydrogens (primary N) is 2. The number of nitro benzene ring substituents is 1. The predicted octanol–water partition coefficient (Wildman–Crippen LogP) is 26.4. The number of aromatic amines is 6. The Labute approximate surface area is 820 Å². The Morgan fingerprint density at radius 1 is 0.415 bits per heavy atom. The second-order valence-corrected chi connectivity index (χ2v) is 35.3. The smallest absolute Gasteiger partial charge is 0.269 e. The van der Waals surface area contributed by atoms with Crippen molar-refractivity contribution in [3.05, 3.63) is 402 Å². The first-order chi connectivity index (χ1) is 60.9. The van der Waals surface area contributed by atoms with Crippen LogP contribution in [0.4, 0.5) is 5.69 Å². The van der Waals surface area contributed by atoms with Crippen molar-refractivity contribution in [3.63, 3.8) is 0 Å². The van der Waals surface area contributed by atoms with Gasteiger partial charge in [0.25, 0.3) is 5.69 Å². The molecule has 0 aliphatic rings. The second kappa shape index (κ2) is 51.3. The van der Waals surface area contributed by atoms with E-state index in [4.69, 9.17) is 21.9 Å². The van der Waals surface area contributed by atoms with E-state index < -0.39 is 11.0 Å². The highest BCUT2D eigenvalue weighted by molar-refractivity contribution is 9.11. The summed E-state index contributed by atoms with van der Waals surface area (Å²) < 4.78 is 7.15. The Hall–Kier alpha value is -9.84. The van der Waals surface area contributed by atoms with Gasteiger partial charge in [0.05, 0.1) is 29.1 Å². The largest absolute Gasteiger partial charge is 0.623 e. The number of non-ortho nitro benzene ring substituents is 1. The molecule has 6 atom stereocenters. The fourth-order valence-electron chi connectivity index (χ4n) is 15.1. The zero-order valence-corrected chi connectivity index (χ0v) is 82.7. The van der Waals surface area contributed by atoms with Crippen LogP contribution in [0.5, 0.6) is 0 Å². The number of hydrogen-bond donors (Lipinski definition) is 14. The molecular formula is C98H104Br5Cl4N15O8. The third-order valence-electron chi connectivity index (χ3n) is 21.6. The number of hydroxylamine groups is 8. The number of aryl methyl sites for hydroxylation is 1. The van der Waals surface area contributed by atoms with Crippen molar-refractivity contribution in [1.29, 1.82) is 0 Å². The average Bonchev–Trinajstić information content (AvgIpc) is 1.63. The Kier molecular flexibility index (Phi) is 41.6. The normalized spacial score (nSPS) is 12.7. The van der Waals surface area contributed by atoms with E-state index in [2.05, 4.69) is 184 Å². The number of nitro groups is 1. The van der Waals surface area contributed by atoms with Crippen LogP contribution in [0.2, 0.25) is 0 Å². The monoisotopic (exact) mass is 2150 g/mol. The molecule has 17 aromatic rings. The number of nitrogens with zero attached hydrogens (tertiary/aromatic N) is 5. The minimum atomic E-state index is -0.475. The standard InChI is InChI=1S/C22H19N3O3.C21H25BrN2O.C18H17BrN2O.C17H15BrN2O.2C10H12BrN3O.4ClH/c26-24(15-16-6-2-1-3-7-16)22(17-10-12-18(13-11-17)25(27)28)20-14-23-21-9-5-4-8-19(20)21;1-14(2)10-21(24(25)13-16-6-4-15(3)5-7-16)19-12-23-20-9-8-17(22)11-18(19)20;1-2-18(21(22)12-13-6-4-3-5-7-13)16-11-20-17-9-8-14(19)10-15(16)17;1-12(20(21)11-13-5-3-2-4-6-13)16-10-19-17-8-7-14(18)9-15(16)17;11-6-1-2-9-7(3-6)8(5-13-9)10(4-12)14-15;11-6-1-2-7-8(10(4-12)14-15)5-13-9(7)3-6;;;;/h1-14,22-23,26H,15H2;4-9,11-12,14,21,23,25H,10,13H2,1-3H3;3-12,18,20H,2H2,1H3;2-12,19H,1H3;2*1-3,5,10,13-15H,4,12H2;4*1H/b;;21-12+;20-11+;;;;;;. The molecule has 0 saturated carbocycles. The van der Waals surface area contributed by atoms with Crippen LogP contribution in [-0.2, 0) is 13.1 Å². The number of aromatic nitrogens is 6. The van der Waals surface area contributed by atoms with Crippen molar-refractivity contribution in [1.82, 2.24) is 51.0 Å². The van der Waals surface area contributed by atoms with Crippen molar-refractivity contribution >= 4 is 213 Å². The molecule has 23 nitrogen and oxygen atoms in total. The lowest BCUT2D eigenvalue weighted by Gasteiger charge is -2.27. The summed E-state index contributed by atoms with van der Waals surface area (Å²) in [5.41, 5.74) is 33.6. The highest BCUT2D eigenvalue weighted by atomic mass is 79.9. The number of H-pyrrole nitrogens is 6. The molecule has 11 aromatic carbocycles. The first kappa shape index (κ1) is 106. The topological polar surface area (TPSA) is 354 Å². The SMILES string of the molecule is CC(c1c[nH]c2ccc(Br)cc12)/[N+]([O-])=C\c1ccccc1.CCC(c1c[nH]c2ccc(Br)cc12)/[N+]([O-])=C\c1ccccc1.Cc1ccc(CN(O)C(CC(C)C)c2c[nH]c3ccc(Br)cc23)cc1.Cl.Cl.Cl.Cl.NCC(NO)c1c[nH]c2cc(Br)ccc12.NCC(NO)c1c[nH]c2ccc(Br)cc12.O=[N+]([O-])c1ccc(C(c2c[nH]c3ccccc23)N(O)Cc2ccccc2)cc1. The van der Waals surface area contributed by atoms with E-state index in [1.165, 1.54) is 27.8 Å². The highest BCUT2D eigenvalue weighted by Gasteiger charge is 2.28. The fourth-order valence-corrected chi connectivity index (χ4v) is 16.9. The van der Waals surface area contributed by atoms with Crippen LogP contribution in [0.25, 0.3) is 65.4 Å². The molecule has 0 aliphatic heterocycles. The van der Waals surface area contributed by atoms with Gasteiger partial charge >= 0.3 is 0 Å². The van der Waals surface area contributed by atoms with E-state index in [1.807, 2.05) is 239 Å². The molecule has 682 valence electrons. The number of halogens is 9. The van der Waals surface area contributed by atoms with Gasteiger partial charge in [-0.25, -0.2) is 9.48 Å². The van der Waals surface area contributed by atoms with Crippen LogP contribution >= 0.6 is 129 Å². The summed E-state index contributed by atoms with van der Waals surface area (Å²) in [5, 5.41) is 85.0. The highest BCUT2D eigenvalue weighted by Crippen LogP contribution is 2.39. The Balaban J connectivity index is 0.000000194. The molecule has 6 unspecified atom stereocenters. The molecule has 130 heavy (non-hydrogen) atoms. The van der Waals surface area contributed by atoms with Gasteiger partial charge in [0.15, 0.2) is 24.5 Å². The van der Waals surface area contributed by atoms with Gasteiger partial charge in [-0.05, 0) is 168 Å². The Morgan fingerprint density at radius 3 is 1.28 bits per heavy atom. The molecule has 0 spiro atoms. The maximum atomic E-state index is 12.6. The van der Waals surface area contributed by atoms with Gasteiger partial charge in [0, 0.05) is 204 Å². The number of para-hydroxylation sites is 1. The molecule has 6 aromatic heterocycles. The van der Waals surface area contributed by atoms with E-state index in [1.54, 1.807) is 24.6 Å². The van der Waals surface area contributed by atoms with E-state index >= 15 is 0 Å². The summed E-state index contributed by atoms with van der Waals surface area (Å²) in [5.74, 6) is 0.481. The van der Waals surface area contributed by atoms with Gasteiger partial charge < -0.3 is 72.6 Å². The number of rotatable bonds is 25. The predicted molar refractivity (Wildman–Crippen MR) is 552 cm³/mol. The molecule has 16 N–H and O–H groups in total. The number of hydrogen-bond acceptors (Lipinski definition) is 14. The van der Waals surface area contributed by atoms with Crippen LogP contribution in [0.1, 0.15) is 144 Å². The van der Waals surface area contributed by atoms with Crippen LogP contribution < -0.4 is 22.4 Å². The summed E-state index contributed by atoms with van der Waals surface area (Å²) in [7, 11) is 0. The summed E-state index contributed by atoms with van der Waals surface area (Å²) in [6.45, 7) is 11.9. The van der Waals surface area contributed by atoms with E-state index in [9.17, 15) is 30.9 Å². The van der Waals surface area contributed by atoms with Gasteiger partial charge in [-0.1, -0.05) is 233 Å². The lowest BCUT2D eigenvalue weighted by molar-refractivity contribution is -0.503. The minimum absolute atomic E-state index is 0. The molecule has 32 heteroatoms. The molecule has 0 amide bonds. The zero-order valence-electron chi connectivity index (χ0n) is 71.5. The zero-order chi connectivity index (χ0) is 89.5. The second-order valence-electron chi connectivity index (χ2n) is 30.8. The van der Waals surface area contributed by atoms with Crippen LogP contribution in [0, 0.1) is 33.4 Å². The molecule has 0 fully saturated rings. The summed E-state index contributed by atoms with van der Waals surface area (Å²) in [4.78, 5) is 29.9. The van der Waals surface area contributed by atoms with Crippen molar-refractivity contribution in [2.24, 2.45) is 17.4 Å². The first-order valence-corrected chi connectivity index (χ1v) is 44.9. The first-order valence-electron chi connectivity index (χ1n) is 41.0. The summed E-state index contributed by atoms with van der Waals surface area (Å²) >= 11 is 17.4. The molecule has 0 saturated heterocycles. The lowest BCUT2D eigenvalue weighted by Crippen LogP contribution is -2.26. The number of benzene rings is 11. The number of fused-ring (bicyclic) bond motifs is 6. The van der Waals surface area contributed by atoms with Crippen molar-refractivity contribution in [3.8, 4) is 0 Å². The van der Waals surface area contributed by atoms with Gasteiger partial charge in [-0.3, -0.25) is 10.1 Å². The van der Waals surface area contributed by atoms with Crippen molar-refractivity contribution in [2.75, 3.05) is 13.1 Å². The van der Waals surface area contributed by atoms with E-state index in [0.717, 1.165) is 171 Å². The maximum absolute atomic E-state index is 12.6. The number of nitrogens with one attached hydrogen (secondary N) is 8. The third-order valence-corrected chi connectivity index (χ3v) is 24.1. The molecule has 6 heterocycles. The van der Waals surface area contributed by atoms with Crippen molar-refractivity contribution in [2.45, 2.75) is 96.8 Å². The molecule has 0 bridgehead atoms.